The molecule has 0 bridgehead atoms. The number of nitrogens with two attached hydrogens (primary N) is 2. The molecule has 1 heterocycles. The number of nitrogens with zero attached hydrogens (tertiary/aromatic N) is 2. The van der Waals surface area contributed by atoms with Gasteiger partial charge in [-0.1, -0.05) is 19.6 Å². The number of hydrogen-bond donors (Lipinski definition) is 2. The van der Waals surface area contributed by atoms with Crippen LogP contribution in [0, 0.1) is 17.5 Å². The maximum absolute atomic E-state index is 14.2. The molecule has 0 unspecified atom stereocenters. The monoisotopic (exact) mass is 364 g/mol. The molecule has 3 rings (SSSR count). The van der Waals surface area contributed by atoms with Gasteiger partial charge in [-0.05, 0) is 41.3 Å². The van der Waals surface area contributed by atoms with Crippen LogP contribution in [0.5, 0.6) is 0 Å². The fourth-order valence-corrected chi connectivity index (χ4v) is 2.97. The van der Waals surface area contributed by atoms with Gasteiger partial charge in [-0.15, -0.1) is 0 Å². The summed E-state index contributed by atoms with van der Waals surface area (Å²) in [7, 11) is 0. The molecule has 0 saturated carbocycles. The lowest BCUT2D eigenvalue weighted by molar-refractivity contribution is 0.202. The van der Waals surface area contributed by atoms with Crippen LogP contribution in [0.1, 0.15) is 18.6 Å². The number of hydrogen-bond acceptors (Lipinski definition) is 1. The highest BCUT2D eigenvalue weighted by Crippen LogP contribution is 2.35. The molecule has 0 saturated heterocycles. The Morgan fingerprint density at radius 3 is 2.27 bits per heavy atom. The van der Waals surface area contributed by atoms with Gasteiger partial charge in [0.2, 0.25) is 0 Å². The maximum Gasteiger partial charge on any atom is 0.347 e. The summed E-state index contributed by atoms with van der Waals surface area (Å²) in [6.07, 6.45) is 0.191. The van der Waals surface area contributed by atoms with E-state index < -0.39 is 29.4 Å². The number of guanidine groups is 1. The van der Waals surface area contributed by atoms with Crippen molar-refractivity contribution in [2.75, 3.05) is 6.54 Å². The summed E-state index contributed by atoms with van der Waals surface area (Å²) in [4.78, 5) is 16.8. The number of fused-ring (bicyclic) bond motifs is 1. The van der Waals surface area contributed by atoms with E-state index in [4.69, 9.17) is 11.5 Å². The van der Waals surface area contributed by atoms with E-state index in [0.717, 1.165) is 12.1 Å². The van der Waals surface area contributed by atoms with Crippen LogP contribution in [-0.2, 0) is 13.0 Å². The van der Waals surface area contributed by atoms with Crippen LogP contribution >= 0.6 is 0 Å². The Labute approximate surface area is 149 Å². The molecule has 0 spiro atoms. The Hall–Kier alpha value is -3.03. The van der Waals surface area contributed by atoms with Crippen molar-refractivity contribution in [3.8, 4) is 11.1 Å². The standard InChI is InChI=1S/C17H15F3N4O.CH4/c18-12-5-4-10(15-13(19)2-1-3-14(15)20)11-8-24(7-6-9(11)12)17(25)23-16(21)22;/h1-5H,6-8H2,(H4,21,22,23,25);1H4. The minimum atomic E-state index is -0.763. The number of aliphatic imine (C=N–C) groups is 1. The van der Waals surface area contributed by atoms with Crippen LogP contribution < -0.4 is 11.5 Å². The highest BCUT2D eigenvalue weighted by Gasteiger charge is 2.27. The molecule has 0 radical (unpaired) electrons. The predicted octanol–water partition coefficient (Wildman–Crippen LogP) is 3.16. The fourth-order valence-electron chi connectivity index (χ4n) is 2.97. The van der Waals surface area contributed by atoms with Crippen molar-refractivity contribution in [3.05, 3.63) is 58.9 Å². The summed E-state index contributed by atoms with van der Waals surface area (Å²) < 4.78 is 42.5. The average Bonchev–Trinajstić information content (AvgIpc) is 2.55. The van der Waals surface area contributed by atoms with Crippen molar-refractivity contribution in [2.24, 2.45) is 16.5 Å². The van der Waals surface area contributed by atoms with Gasteiger partial charge in [-0.3, -0.25) is 0 Å². The minimum absolute atomic E-state index is 0. The van der Waals surface area contributed by atoms with Crippen LogP contribution in [-0.4, -0.2) is 23.4 Å². The van der Waals surface area contributed by atoms with Crippen LogP contribution in [0.25, 0.3) is 11.1 Å². The normalized spacial score (nSPS) is 12.8. The molecule has 0 fully saturated rings. The number of halogens is 3. The van der Waals surface area contributed by atoms with Crippen molar-refractivity contribution in [3.63, 3.8) is 0 Å². The number of rotatable bonds is 1. The Bertz CT molecular complexity index is 859. The van der Waals surface area contributed by atoms with E-state index in [1.165, 1.54) is 23.1 Å². The van der Waals surface area contributed by atoms with E-state index in [1.807, 2.05) is 0 Å². The minimum Gasteiger partial charge on any atom is -0.370 e. The molecule has 2 amide bonds. The second-order valence-corrected chi connectivity index (χ2v) is 5.64. The molecule has 138 valence electrons. The largest absolute Gasteiger partial charge is 0.370 e. The first-order valence-corrected chi connectivity index (χ1v) is 7.51. The average molecular weight is 364 g/mol. The molecule has 0 atom stereocenters. The first-order valence-electron chi connectivity index (χ1n) is 7.51. The second-order valence-electron chi connectivity index (χ2n) is 5.64. The summed E-state index contributed by atoms with van der Waals surface area (Å²) in [6.45, 7) is 0.147. The van der Waals surface area contributed by atoms with E-state index in [2.05, 4.69) is 4.99 Å². The van der Waals surface area contributed by atoms with Gasteiger partial charge in [0.15, 0.2) is 5.96 Å². The molecule has 2 aromatic rings. The molecule has 0 aromatic heterocycles. The van der Waals surface area contributed by atoms with E-state index in [0.29, 0.717) is 11.1 Å². The summed E-state index contributed by atoms with van der Waals surface area (Å²) in [5, 5.41) is 0. The van der Waals surface area contributed by atoms with Gasteiger partial charge in [-0.25, -0.2) is 18.0 Å². The van der Waals surface area contributed by atoms with Gasteiger partial charge in [0.25, 0.3) is 0 Å². The second kappa shape index (κ2) is 7.47. The summed E-state index contributed by atoms with van der Waals surface area (Å²) in [6, 6.07) is 5.30. The number of amides is 2. The number of carbonyl (C=O) groups excluding carboxylic acids is 1. The topological polar surface area (TPSA) is 84.7 Å². The highest BCUT2D eigenvalue weighted by molar-refractivity contribution is 5.90. The maximum atomic E-state index is 14.2. The molecule has 0 aliphatic carbocycles. The lowest BCUT2D eigenvalue weighted by atomic mass is 9.90. The summed E-state index contributed by atoms with van der Waals surface area (Å²) in [5.41, 5.74) is 11.0. The molecular weight excluding hydrogens is 345 g/mol. The van der Waals surface area contributed by atoms with Crippen molar-refractivity contribution in [1.29, 1.82) is 0 Å². The third kappa shape index (κ3) is 3.49. The predicted molar refractivity (Wildman–Crippen MR) is 93.8 cm³/mol. The summed E-state index contributed by atoms with van der Waals surface area (Å²) in [5.74, 6) is -2.40. The molecule has 1 aliphatic heterocycles. The smallest absolute Gasteiger partial charge is 0.347 e. The zero-order valence-electron chi connectivity index (χ0n) is 13.1. The zero-order valence-corrected chi connectivity index (χ0v) is 13.1. The zero-order chi connectivity index (χ0) is 18.1. The Balaban J connectivity index is 0.00000243. The van der Waals surface area contributed by atoms with Crippen LogP contribution in [0.4, 0.5) is 18.0 Å². The lowest BCUT2D eigenvalue weighted by Gasteiger charge is -2.29. The Kier molecular flexibility index (Phi) is 5.54. The van der Waals surface area contributed by atoms with Gasteiger partial charge >= 0.3 is 6.03 Å². The van der Waals surface area contributed by atoms with Crippen LogP contribution in [0.15, 0.2) is 35.3 Å². The molecule has 5 nitrogen and oxygen atoms in total. The Morgan fingerprint density at radius 1 is 1.00 bits per heavy atom. The molecule has 2 aromatic carbocycles. The Morgan fingerprint density at radius 2 is 1.65 bits per heavy atom. The van der Waals surface area contributed by atoms with E-state index in [1.54, 1.807) is 0 Å². The fraction of sp³-hybridized carbons (Fsp3) is 0.222. The first-order chi connectivity index (χ1) is 11.9. The van der Waals surface area contributed by atoms with E-state index >= 15 is 0 Å². The van der Waals surface area contributed by atoms with Gasteiger partial charge in [-0.2, -0.15) is 4.99 Å². The van der Waals surface area contributed by atoms with E-state index in [9.17, 15) is 18.0 Å². The number of carbonyl (C=O) groups is 1. The third-order valence-electron chi connectivity index (χ3n) is 4.08. The van der Waals surface area contributed by atoms with Gasteiger partial charge < -0.3 is 16.4 Å². The molecule has 8 heteroatoms. The number of benzene rings is 2. The molecular formula is C18H19F3N4O. The van der Waals surface area contributed by atoms with Crippen molar-refractivity contribution in [1.82, 2.24) is 4.90 Å². The van der Waals surface area contributed by atoms with Gasteiger partial charge in [0.05, 0.1) is 5.56 Å². The quantitative estimate of drug-likeness (QED) is 0.602. The van der Waals surface area contributed by atoms with Crippen molar-refractivity contribution in [2.45, 2.75) is 20.4 Å². The third-order valence-corrected chi connectivity index (χ3v) is 4.08. The SMILES string of the molecule is C.NC(N)=NC(=O)N1CCc2c(F)ccc(-c3c(F)cccc3F)c2C1. The lowest BCUT2D eigenvalue weighted by Crippen LogP contribution is -2.37. The van der Waals surface area contributed by atoms with Crippen molar-refractivity contribution < 1.29 is 18.0 Å². The highest BCUT2D eigenvalue weighted by atomic mass is 19.1. The van der Waals surface area contributed by atoms with Gasteiger partial charge in [0, 0.05) is 13.1 Å². The first kappa shape index (κ1) is 19.3. The van der Waals surface area contributed by atoms with Crippen molar-refractivity contribution >= 4 is 12.0 Å². The number of urea groups is 1. The van der Waals surface area contributed by atoms with Crippen LogP contribution in [0.2, 0.25) is 0 Å². The molecule has 1 aliphatic rings. The molecule has 26 heavy (non-hydrogen) atoms. The van der Waals surface area contributed by atoms with Crippen LogP contribution in [0.3, 0.4) is 0 Å². The van der Waals surface area contributed by atoms with E-state index in [-0.39, 0.29) is 38.1 Å². The summed E-state index contributed by atoms with van der Waals surface area (Å²) >= 11 is 0. The van der Waals surface area contributed by atoms with Gasteiger partial charge in [0.1, 0.15) is 17.5 Å². The molecule has 4 N–H and O–H groups in total.